The number of rotatable bonds is 5. The van der Waals surface area contributed by atoms with Gasteiger partial charge in [-0.25, -0.2) is 0 Å². The standard InChI is InChI=1S/C21H23.C20H21.2CH3.2ClH.H2Si.Zr/c1-14-12-19-15(2)6-11-18(20(19)13-14)16-7-9-17(10-8-16)21(3,4)5;1-13(2)17-11-16-6-5-7-18(20(16)12-17)19-10-14(3)8-9-15(19)4;;;;;;/h6-13H,1-5H3;5-13H,1-4H3;2*1H3;2*1H;1H2;. The fraction of sp³-hybridized carbons (Fsp3) is 0.349. The second-order valence-corrected chi connectivity index (χ2v) is 47.2. The number of halogens is 2. The smallest absolute Gasteiger partial charge is 0.147 e. The molecular formula is C43H54Cl2SiZr. The average molecular weight is 761 g/mol. The molecule has 0 fully saturated rings. The van der Waals surface area contributed by atoms with Crippen molar-refractivity contribution in [3.05, 3.63) is 128 Å². The van der Waals surface area contributed by atoms with Crippen molar-refractivity contribution in [2.24, 2.45) is 5.92 Å². The van der Waals surface area contributed by atoms with E-state index in [1.807, 2.05) is 0 Å². The normalized spacial score (nSPS) is 17.4. The van der Waals surface area contributed by atoms with E-state index in [0.717, 1.165) is 0 Å². The van der Waals surface area contributed by atoms with Crippen LogP contribution in [0.2, 0.25) is 9.26 Å². The van der Waals surface area contributed by atoms with E-state index in [1.54, 1.807) is 22.3 Å². The van der Waals surface area contributed by atoms with E-state index in [-0.39, 0.29) is 30.2 Å². The van der Waals surface area contributed by atoms with Crippen LogP contribution in [-0.4, -0.2) is 6.88 Å². The van der Waals surface area contributed by atoms with E-state index in [0.29, 0.717) is 13.2 Å². The van der Waals surface area contributed by atoms with Crippen LogP contribution in [0.15, 0.2) is 83.9 Å². The monoisotopic (exact) mass is 758 g/mol. The molecule has 4 aromatic carbocycles. The summed E-state index contributed by atoms with van der Waals surface area (Å²) in [4.78, 5) is 0. The average Bonchev–Trinajstić information content (AvgIpc) is 3.54. The second kappa shape index (κ2) is 13.1. The molecule has 4 heteroatoms. The van der Waals surface area contributed by atoms with Crippen molar-refractivity contribution in [1.82, 2.24) is 0 Å². The Morgan fingerprint density at radius 2 is 1.32 bits per heavy atom. The predicted molar refractivity (Wildman–Crippen MR) is 213 cm³/mol. The number of benzene rings is 4. The summed E-state index contributed by atoms with van der Waals surface area (Å²) in [5.41, 5.74) is 20.5. The SMILES string of the molecule is CC1=Cc2c(-c3ccc(C(C)(C)C)cc3)ccc(C)c2[CH]1[Zr]([CH3])([CH3])(=[SiH2])[CH]1C(C(C)C)=Cc2c(-c3cc(C)ccc3C)cccc21.Cl.Cl. The molecule has 0 heterocycles. The maximum Gasteiger partial charge on any atom is -0.147 e. The van der Waals surface area contributed by atoms with E-state index in [1.165, 1.54) is 55.6 Å². The van der Waals surface area contributed by atoms with Crippen LogP contribution >= 0.6 is 24.8 Å². The number of fused-ring (bicyclic) bond motifs is 2. The van der Waals surface area contributed by atoms with Gasteiger partial charge in [-0.3, -0.25) is 0 Å². The molecule has 2 unspecified atom stereocenters. The van der Waals surface area contributed by atoms with Gasteiger partial charge in [-0.1, -0.05) is 0 Å². The van der Waals surface area contributed by atoms with E-state index in [9.17, 15) is 0 Å². The molecule has 0 spiro atoms. The van der Waals surface area contributed by atoms with Crippen molar-refractivity contribution in [1.29, 1.82) is 0 Å². The van der Waals surface area contributed by atoms with Gasteiger partial charge in [0.25, 0.3) is 0 Å². The molecule has 0 aromatic heterocycles. The molecule has 47 heavy (non-hydrogen) atoms. The molecule has 4 aromatic rings. The number of hydrogen-bond donors (Lipinski definition) is 0. The first-order chi connectivity index (χ1) is 21.0. The van der Waals surface area contributed by atoms with Crippen molar-refractivity contribution in [3.8, 4) is 22.3 Å². The summed E-state index contributed by atoms with van der Waals surface area (Å²) in [6.45, 7) is 23.5. The predicted octanol–water partition coefficient (Wildman–Crippen LogP) is 12.7. The first kappa shape index (κ1) is 37.9. The molecule has 2 aliphatic rings. The summed E-state index contributed by atoms with van der Waals surface area (Å²) in [5, 5.41) is 0. The number of hydrogen-bond acceptors (Lipinski definition) is 0. The summed E-state index contributed by atoms with van der Waals surface area (Å²) in [6, 6.07) is 28.2. The van der Waals surface area contributed by atoms with Gasteiger partial charge in [0.05, 0.1) is 0 Å². The van der Waals surface area contributed by atoms with Gasteiger partial charge >= 0.3 is 277 Å². The minimum atomic E-state index is -3.70. The number of allylic oxidation sites excluding steroid dienone is 2. The van der Waals surface area contributed by atoms with Crippen LogP contribution in [-0.2, 0) is 22.8 Å². The molecule has 248 valence electrons. The van der Waals surface area contributed by atoms with Crippen molar-refractivity contribution in [3.63, 3.8) is 0 Å². The zero-order valence-electron chi connectivity index (χ0n) is 30.3. The molecule has 2 aliphatic carbocycles. The third-order valence-electron chi connectivity index (χ3n) is 11.0. The molecule has 0 N–H and O–H groups in total. The molecule has 0 amide bonds. The summed E-state index contributed by atoms with van der Waals surface area (Å²) in [7, 11) is 0. The van der Waals surface area contributed by atoms with Crippen LogP contribution in [0, 0.1) is 26.7 Å². The third-order valence-corrected chi connectivity index (χ3v) is 28.6. The molecular weight excluding hydrogens is 707 g/mol. The largest absolute Gasteiger partial charge is 0.147 e. The fourth-order valence-electron chi connectivity index (χ4n) is 8.86. The maximum atomic E-state index is 2.78. The molecule has 0 radical (unpaired) electrons. The third kappa shape index (κ3) is 6.43. The van der Waals surface area contributed by atoms with Crippen molar-refractivity contribution >= 4 is 43.8 Å². The van der Waals surface area contributed by atoms with E-state index in [2.05, 4.69) is 163 Å². The van der Waals surface area contributed by atoms with Gasteiger partial charge in [0.1, 0.15) is 0 Å². The molecule has 0 nitrogen and oxygen atoms in total. The Bertz CT molecular complexity index is 1980. The fourth-order valence-corrected chi connectivity index (χ4v) is 29.5. The molecule has 0 bridgehead atoms. The summed E-state index contributed by atoms with van der Waals surface area (Å²) >= 11 is -3.70. The Morgan fingerprint density at radius 3 is 1.94 bits per heavy atom. The van der Waals surface area contributed by atoms with Crippen LogP contribution in [0.1, 0.15) is 93.3 Å². The van der Waals surface area contributed by atoms with E-state index >= 15 is 0 Å². The summed E-state index contributed by atoms with van der Waals surface area (Å²) in [5.74, 6) is 0.505. The minimum absolute atomic E-state index is 0. The molecule has 0 aliphatic heterocycles. The Hall–Kier alpha value is -1.96. The summed E-state index contributed by atoms with van der Waals surface area (Å²) in [6.07, 6.45) is 5.18. The van der Waals surface area contributed by atoms with Gasteiger partial charge < -0.3 is 0 Å². The molecule has 6 rings (SSSR count). The van der Waals surface area contributed by atoms with Crippen molar-refractivity contribution in [2.75, 3.05) is 0 Å². The Labute approximate surface area is 299 Å². The van der Waals surface area contributed by atoms with E-state index < -0.39 is 17.4 Å². The Kier molecular flexibility index (Phi) is 10.5. The van der Waals surface area contributed by atoms with Crippen LogP contribution in [0.25, 0.3) is 34.4 Å². The maximum absolute atomic E-state index is 3.70. The van der Waals surface area contributed by atoms with Crippen LogP contribution < -0.4 is 0 Å². The quantitative estimate of drug-likeness (QED) is 0.178. The van der Waals surface area contributed by atoms with Gasteiger partial charge in [0.15, 0.2) is 0 Å². The minimum Gasteiger partial charge on any atom is -0.147 e. The van der Waals surface area contributed by atoms with Gasteiger partial charge in [0.2, 0.25) is 0 Å². The van der Waals surface area contributed by atoms with Crippen molar-refractivity contribution < 1.29 is 17.4 Å². The zero-order chi connectivity index (χ0) is 32.7. The first-order valence-electron chi connectivity index (χ1n) is 16.9. The molecule has 0 saturated heterocycles. The van der Waals surface area contributed by atoms with Gasteiger partial charge in [0, 0.05) is 0 Å². The topological polar surface area (TPSA) is 0 Å². The Morgan fingerprint density at radius 1 is 0.681 bits per heavy atom. The van der Waals surface area contributed by atoms with Gasteiger partial charge in [-0.05, 0) is 0 Å². The number of aryl methyl sites for hydroxylation is 3. The second-order valence-electron chi connectivity index (χ2n) is 16.7. The van der Waals surface area contributed by atoms with Crippen LogP contribution in [0.5, 0.6) is 0 Å². The van der Waals surface area contributed by atoms with Crippen LogP contribution in [0.4, 0.5) is 0 Å². The summed E-state index contributed by atoms with van der Waals surface area (Å²) < 4.78 is 6.58. The van der Waals surface area contributed by atoms with Crippen LogP contribution in [0.3, 0.4) is 0 Å². The Balaban J connectivity index is 0.00000250. The van der Waals surface area contributed by atoms with Gasteiger partial charge in [-0.2, -0.15) is 0 Å². The van der Waals surface area contributed by atoms with E-state index in [4.69, 9.17) is 0 Å². The van der Waals surface area contributed by atoms with Gasteiger partial charge in [-0.15, -0.1) is 24.8 Å². The molecule has 2 atom stereocenters. The molecule has 0 saturated carbocycles. The first-order valence-corrected chi connectivity index (χ1v) is 30.6. The van der Waals surface area contributed by atoms with Crippen molar-refractivity contribution in [2.45, 2.75) is 84.2 Å². The zero-order valence-corrected chi connectivity index (χ0v) is 35.8.